The van der Waals surface area contributed by atoms with E-state index in [0.717, 1.165) is 100 Å². The first-order valence-electron chi connectivity index (χ1n) is 22.6. The van der Waals surface area contributed by atoms with Gasteiger partial charge in [-0.2, -0.15) is 0 Å². The van der Waals surface area contributed by atoms with Crippen molar-refractivity contribution in [2.75, 3.05) is 6.61 Å². The van der Waals surface area contributed by atoms with Crippen LogP contribution in [0.2, 0.25) is 6.04 Å². The van der Waals surface area contributed by atoms with Gasteiger partial charge in [0.25, 0.3) is 8.07 Å². The second kappa shape index (κ2) is 31.9. The van der Waals surface area contributed by atoms with Crippen molar-refractivity contribution >= 4 is 34.5 Å². The molecule has 1 saturated heterocycles. The van der Waals surface area contributed by atoms with Gasteiger partial charge in [-0.3, -0.25) is 0 Å². The molecule has 0 radical (unpaired) electrons. The largest absolute Gasteiger partial charge is 0.380 e. The minimum Gasteiger partial charge on any atom is -0.380 e. The summed E-state index contributed by atoms with van der Waals surface area (Å²) in [5.41, 5.74) is 0. The lowest BCUT2D eigenvalue weighted by atomic mass is 10.0. The quantitative estimate of drug-likeness (QED) is 0.0471. The van der Waals surface area contributed by atoms with E-state index < -0.39 is 8.07 Å². The zero-order chi connectivity index (χ0) is 36.6. The van der Waals surface area contributed by atoms with Crippen LogP contribution < -0.4 is 0 Å². The number of unbranched alkanes of at least 4 members (excludes halogenated alkanes) is 24. The van der Waals surface area contributed by atoms with Crippen LogP contribution in [0.3, 0.4) is 0 Å². The zero-order valence-electron chi connectivity index (χ0n) is 34.3. The molecule has 50 heavy (non-hydrogen) atoms. The van der Waals surface area contributed by atoms with Crippen LogP contribution in [0, 0.1) is 0 Å². The third-order valence-corrected chi connectivity index (χ3v) is 17.8. The summed E-state index contributed by atoms with van der Waals surface area (Å²) in [5, 5.41) is 0.233. The molecule has 0 aromatic rings. The van der Waals surface area contributed by atoms with E-state index in [1.807, 2.05) is 0 Å². The Balaban J connectivity index is 2.93. The summed E-state index contributed by atoms with van der Waals surface area (Å²) in [6.07, 6.45) is 38.9. The maximum absolute atomic E-state index is 14.4. The predicted molar refractivity (Wildman–Crippen MR) is 223 cm³/mol. The highest BCUT2D eigenvalue weighted by Crippen LogP contribution is 2.32. The number of hydrogen-bond acceptors (Lipinski definition) is 4. The number of carbonyl (C=O) groups excluding carboxylic acids is 3. The number of hydrogen-bond donors (Lipinski definition) is 0. The average Bonchev–Trinajstić information content (AvgIpc) is 3.11. The fourth-order valence-electron chi connectivity index (χ4n) is 8.23. The molecule has 0 aromatic heterocycles. The fourth-order valence-corrected chi connectivity index (χ4v) is 13.4. The summed E-state index contributed by atoms with van der Waals surface area (Å²) in [4.78, 5) is 43.3. The Morgan fingerprint density at radius 3 is 1.10 bits per heavy atom. The molecule has 0 amide bonds. The molecule has 0 saturated carbocycles. The van der Waals surface area contributed by atoms with Crippen molar-refractivity contribution in [3.63, 3.8) is 0 Å². The third-order valence-electron chi connectivity index (χ3n) is 11.8. The first-order chi connectivity index (χ1) is 24.4. The predicted octanol–water partition coefficient (Wildman–Crippen LogP) is 12.6. The van der Waals surface area contributed by atoms with Gasteiger partial charge in [-0.25, -0.2) is 0 Å². The summed E-state index contributed by atoms with van der Waals surface area (Å²) >= 11 is 0. The molecule has 0 bridgehead atoms. The molecule has 0 N–H and O–H groups in total. The minimum absolute atomic E-state index is 0.0427. The molecular formula is C44H86O4Si2. The number of rotatable bonds is 37. The molecule has 4 nitrogen and oxygen atoms in total. The van der Waals surface area contributed by atoms with Crippen molar-refractivity contribution < 1.29 is 19.1 Å². The first-order valence-corrected chi connectivity index (χ1v) is 25.8. The van der Waals surface area contributed by atoms with Gasteiger partial charge < -0.3 is 19.1 Å². The lowest BCUT2D eigenvalue weighted by Gasteiger charge is -2.35. The van der Waals surface area contributed by atoms with Gasteiger partial charge in [-0.15, -0.1) is 0 Å². The summed E-state index contributed by atoms with van der Waals surface area (Å²) in [7, 11) is -2.48. The van der Waals surface area contributed by atoms with Crippen LogP contribution in [0.1, 0.15) is 245 Å². The minimum atomic E-state index is -3.45. The van der Waals surface area contributed by atoms with Crippen LogP contribution in [0.25, 0.3) is 0 Å². The Kier molecular flexibility index (Phi) is 30.2. The zero-order valence-corrected chi connectivity index (χ0v) is 37.3. The summed E-state index contributed by atoms with van der Waals surface area (Å²) in [6.45, 7) is 7.61. The lowest BCUT2D eigenvalue weighted by molar-refractivity contribution is -0.120. The standard InChI is InChI=1S/C44H86O4Si2/c1-4-7-10-13-16-19-22-25-28-34-41(45)50(40-33-38-44(49)37-31-32-39-48-44,42(46)35-29-26-23-20-17-14-11-8-5-2)43(47)36-30-27-24-21-18-15-12-9-6-3/h4-40H2,1-3,49H3. The van der Waals surface area contributed by atoms with Gasteiger partial charge in [-0.1, -0.05) is 181 Å². The first kappa shape index (κ1) is 47.4. The highest BCUT2D eigenvalue weighted by molar-refractivity contribution is 7.40. The van der Waals surface area contributed by atoms with Gasteiger partial charge in [0.15, 0.2) is 0 Å². The van der Waals surface area contributed by atoms with Crippen molar-refractivity contribution in [2.24, 2.45) is 0 Å². The number of carbonyl (C=O) groups is 3. The maximum atomic E-state index is 14.4. The Labute approximate surface area is 316 Å². The summed E-state index contributed by atoms with van der Waals surface area (Å²) in [5.74, 6) is 0. The third kappa shape index (κ3) is 21.8. The van der Waals surface area contributed by atoms with Crippen LogP contribution in [-0.4, -0.2) is 46.4 Å². The molecule has 294 valence electrons. The molecule has 0 aliphatic carbocycles. The number of ether oxygens (including phenoxy) is 1. The molecule has 1 fully saturated rings. The molecular weight excluding hydrogens is 649 g/mol. The highest BCUT2D eigenvalue weighted by atomic mass is 28.3. The summed E-state index contributed by atoms with van der Waals surface area (Å²) < 4.78 is 6.28. The second-order valence-electron chi connectivity index (χ2n) is 16.5. The van der Waals surface area contributed by atoms with Crippen molar-refractivity contribution in [3.05, 3.63) is 0 Å². The highest BCUT2D eigenvalue weighted by Gasteiger charge is 2.53. The van der Waals surface area contributed by atoms with Crippen LogP contribution in [0.15, 0.2) is 0 Å². The van der Waals surface area contributed by atoms with Gasteiger partial charge in [0.1, 0.15) is 16.2 Å². The van der Waals surface area contributed by atoms with Gasteiger partial charge in [0.05, 0.1) is 0 Å². The van der Waals surface area contributed by atoms with Crippen molar-refractivity contribution in [2.45, 2.75) is 257 Å². The SMILES string of the molecule is CCCCCCCCCCCC(=O)[Si](CCCC1([SiH3])CCCCO1)(C(=O)CCCCCCCCCCC)C(=O)CCCCCCCCCCC. The van der Waals surface area contributed by atoms with E-state index in [2.05, 4.69) is 20.8 Å². The van der Waals surface area contributed by atoms with E-state index in [-0.39, 0.29) is 21.4 Å². The molecule has 0 spiro atoms. The monoisotopic (exact) mass is 735 g/mol. The molecule has 1 heterocycles. The van der Waals surface area contributed by atoms with Crippen molar-refractivity contribution in [1.29, 1.82) is 0 Å². The van der Waals surface area contributed by atoms with E-state index in [4.69, 9.17) is 4.74 Å². The van der Waals surface area contributed by atoms with Gasteiger partial charge in [-0.05, 0) is 51.0 Å². The van der Waals surface area contributed by atoms with Gasteiger partial charge in [0, 0.05) is 41.3 Å². The van der Waals surface area contributed by atoms with Crippen LogP contribution in [0.4, 0.5) is 0 Å². The topological polar surface area (TPSA) is 60.4 Å². The summed E-state index contributed by atoms with van der Waals surface area (Å²) in [6, 6.07) is 0.545. The van der Waals surface area contributed by atoms with E-state index in [9.17, 15) is 14.4 Å². The van der Waals surface area contributed by atoms with Gasteiger partial charge in [0.2, 0.25) is 0 Å². The molecule has 1 rings (SSSR count). The molecule has 1 aliphatic rings. The lowest BCUT2D eigenvalue weighted by Crippen LogP contribution is -2.59. The fraction of sp³-hybridized carbons (Fsp3) is 0.932. The Hall–Kier alpha value is -0.596. The van der Waals surface area contributed by atoms with E-state index in [0.29, 0.717) is 25.3 Å². The van der Waals surface area contributed by atoms with E-state index in [1.54, 1.807) is 0 Å². The second-order valence-corrected chi connectivity index (χ2v) is 22.3. The molecule has 1 atom stereocenters. The molecule has 0 aromatic carbocycles. The Morgan fingerprint density at radius 1 is 0.480 bits per heavy atom. The van der Waals surface area contributed by atoms with Crippen LogP contribution >= 0.6 is 0 Å². The Morgan fingerprint density at radius 2 is 0.800 bits per heavy atom. The normalized spacial score (nSPS) is 16.6. The molecule has 6 heteroatoms. The average molecular weight is 735 g/mol. The van der Waals surface area contributed by atoms with Crippen molar-refractivity contribution in [1.82, 2.24) is 0 Å². The van der Waals surface area contributed by atoms with Gasteiger partial charge >= 0.3 is 0 Å². The van der Waals surface area contributed by atoms with Crippen LogP contribution in [-0.2, 0) is 19.1 Å². The Bertz CT molecular complexity index is 754. The maximum Gasteiger partial charge on any atom is 0.279 e. The van der Waals surface area contributed by atoms with Crippen LogP contribution in [0.5, 0.6) is 0 Å². The molecule has 1 unspecified atom stereocenters. The van der Waals surface area contributed by atoms with E-state index in [1.165, 1.54) is 122 Å². The smallest absolute Gasteiger partial charge is 0.279 e. The van der Waals surface area contributed by atoms with E-state index >= 15 is 0 Å². The molecule has 1 aliphatic heterocycles. The van der Waals surface area contributed by atoms with Crippen molar-refractivity contribution in [3.8, 4) is 0 Å².